The number of likely N-dealkylation sites (N-methyl/N-ethyl adjacent to an activating group) is 1. The predicted octanol–water partition coefficient (Wildman–Crippen LogP) is 1.14. The molecule has 1 N–H and O–H groups in total. The van der Waals surface area contributed by atoms with Crippen molar-refractivity contribution in [2.75, 3.05) is 27.2 Å². The minimum atomic E-state index is -0.351. The van der Waals surface area contributed by atoms with Gasteiger partial charge in [0.25, 0.3) is 0 Å². The zero-order valence-corrected chi connectivity index (χ0v) is 14.3. The molecular weight excluding hydrogens is 310 g/mol. The van der Waals surface area contributed by atoms with Crippen molar-refractivity contribution in [3.63, 3.8) is 0 Å². The van der Waals surface area contributed by atoms with Gasteiger partial charge < -0.3 is 19.6 Å². The third-order valence-corrected chi connectivity index (χ3v) is 4.80. The second kappa shape index (κ2) is 7.19. The van der Waals surface area contributed by atoms with Gasteiger partial charge >= 0.3 is 6.03 Å². The molecule has 1 aromatic heterocycles. The summed E-state index contributed by atoms with van der Waals surface area (Å²) < 4.78 is 5.27. The van der Waals surface area contributed by atoms with Gasteiger partial charge in [0.2, 0.25) is 11.8 Å². The van der Waals surface area contributed by atoms with E-state index in [1.807, 2.05) is 0 Å². The second-order valence-corrected chi connectivity index (χ2v) is 6.74. The molecule has 8 nitrogen and oxygen atoms in total. The Kier molecular flexibility index (Phi) is 5.01. The van der Waals surface area contributed by atoms with Crippen LogP contribution < -0.4 is 5.32 Å². The van der Waals surface area contributed by atoms with Crippen molar-refractivity contribution in [1.29, 1.82) is 0 Å². The van der Waals surface area contributed by atoms with E-state index in [2.05, 4.69) is 15.5 Å². The molecule has 2 heterocycles. The van der Waals surface area contributed by atoms with E-state index >= 15 is 0 Å². The molecule has 1 aliphatic carbocycles. The summed E-state index contributed by atoms with van der Waals surface area (Å²) >= 11 is 0. The van der Waals surface area contributed by atoms with Crippen LogP contribution in [0.5, 0.6) is 0 Å². The number of carbonyl (C=O) groups is 2. The molecule has 1 atom stereocenters. The summed E-state index contributed by atoms with van der Waals surface area (Å²) in [5.41, 5.74) is 0. The van der Waals surface area contributed by atoms with Crippen LogP contribution in [0.4, 0.5) is 4.79 Å². The summed E-state index contributed by atoms with van der Waals surface area (Å²) in [5, 5.41) is 6.83. The lowest BCUT2D eigenvalue weighted by atomic mass is 9.85. The summed E-state index contributed by atoms with van der Waals surface area (Å²) in [6.07, 6.45) is 5.57. The van der Waals surface area contributed by atoms with Gasteiger partial charge in [0.05, 0.1) is 0 Å². The van der Waals surface area contributed by atoms with Gasteiger partial charge in [-0.25, -0.2) is 4.79 Å². The Bertz CT molecular complexity index is 596. The van der Waals surface area contributed by atoms with Crippen molar-refractivity contribution in [2.24, 2.45) is 0 Å². The molecule has 0 bridgehead atoms. The number of rotatable bonds is 5. The SMILES string of the molecule is CN(C)C(=O)[C@@H]1CCCN1C(=O)NCCc1noc(C2CCC2)n1. The summed E-state index contributed by atoms with van der Waals surface area (Å²) in [7, 11) is 3.43. The number of aromatic nitrogens is 2. The van der Waals surface area contributed by atoms with Gasteiger partial charge in [-0.3, -0.25) is 4.79 Å². The van der Waals surface area contributed by atoms with Crippen molar-refractivity contribution in [2.45, 2.75) is 50.5 Å². The Morgan fingerprint density at radius 1 is 1.29 bits per heavy atom. The highest BCUT2D eigenvalue weighted by atomic mass is 16.5. The summed E-state index contributed by atoms with van der Waals surface area (Å²) in [4.78, 5) is 32.0. The zero-order valence-electron chi connectivity index (χ0n) is 14.3. The van der Waals surface area contributed by atoms with E-state index < -0.39 is 0 Å². The molecule has 3 amide bonds. The Morgan fingerprint density at radius 2 is 2.08 bits per heavy atom. The molecule has 1 saturated heterocycles. The highest BCUT2D eigenvalue weighted by molar-refractivity contribution is 5.87. The van der Waals surface area contributed by atoms with E-state index in [0.717, 1.165) is 31.6 Å². The van der Waals surface area contributed by atoms with Gasteiger partial charge in [0, 0.05) is 39.5 Å². The van der Waals surface area contributed by atoms with Crippen molar-refractivity contribution in [1.82, 2.24) is 25.3 Å². The van der Waals surface area contributed by atoms with Crippen LogP contribution >= 0.6 is 0 Å². The van der Waals surface area contributed by atoms with Crippen LogP contribution in [-0.2, 0) is 11.2 Å². The molecule has 2 aliphatic rings. The fourth-order valence-electron chi connectivity index (χ4n) is 3.14. The first kappa shape index (κ1) is 16.7. The Morgan fingerprint density at radius 3 is 2.75 bits per heavy atom. The average molecular weight is 335 g/mol. The van der Waals surface area contributed by atoms with Gasteiger partial charge in [0.1, 0.15) is 6.04 Å². The topological polar surface area (TPSA) is 91.6 Å². The van der Waals surface area contributed by atoms with Crippen LogP contribution in [0.3, 0.4) is 0 Å². The highest BCUT2D eigenvalue weighted by Crippen LogP contribution is 2.35. The molecule has 0 aromatic carbocycles. The number of nitrogens with one attached hydrogen (secondary N) is 1. The maximum absolute atomic E-state index is 12.3. The van der Waals surface area contributed by atoms with Crippen LogP contribution in [0.2, 0.25) is 0 Å². The van der Waals surface area contributed by atoms with Gasteiger partial charge in [0.15, 0.2) is 5.82 Å². The Labute approximate surface area is 141 Å². The Balaban J connectivity index is 1.46. The number of nitrogens with zero attached hydrogens (tertiary/aromatic N) is 4. The van der Waals surface area contributed by atoms with Crippen LogP contribution in [0.15, 0.2) is 4.52 Å². The molecule has 24 heavy (non-hydrogen) atoms. The lowest BCUT2D eigenvalue weighted by Gasteiger charge is -2.26. The second-order valence-electron chi connectivity index (χ2n) is 6.74. The number of amides is 3. The first-order valence-electron chi connectivity index (χ1n) is 8.64. The number of carbonyl (C=O) groups excluding carboxylic acids is 2. The number of likely N-dealkylation sites (tertiary alicyclic amines) is 1. The van der Waals surface area contributed by atoms with Gasteiger partial charge in [-0.2, -0.15) is 4.98 Å². The van der Waals surface area contributed by atoms with Crippen LogP contribution in [0.1, 0.15) is 49.7 Å². The van der Waals surface area contributed by atoms with Crippen LogP contribution in [0, 0.1) is 0 Å². The number of urea groups is 1. The van der Waals surface area contributed by atoms with Crippen molar-refractivity contribution < 1.29 is 14.1 Å². The van der Waals surface area contributed by atoms with Crippen LogP contribution in [0.25, 0.3) is 0 Å². The summed E-state index contributed by atoms with van der Waals surface area (Å²) in [6, 6.07) is -0.550. The maximum Gasteiger partial charge on any atom is 0.318 e. The van der Waals surface area contributed by atoms with E-state index in [0.29, 0.717) is 31.3 Å². The smallest absolute Gasteiger partial charge is 0.318 e. The summed E-state index contributed by atoms with van der Waals surface area (Å²) in [6.45, 7) is 1.05. The Hall–Kier alpha value is -2.12. The largest absolute Gasteiger partial charge is 0.347 e. The van der Waals surface area contributed by atoms with Gasteiger partial charge in [-0.1, -0.05) is 11.6 Å². The van der Waals surface area contributed by atoms with E-state index in [4.69, 9.17) is 4.52 Å². The number of hydrogen-bond acceptors (Lipinski definition) is 5. The molecule has 0 spiro atoms. The lowest BCUT2D eigenvalue weighted by molar-refractivity contribution is -0.132. The van der Waals surface area contributed by atoms with E-state index in [9.17, 15) is 9.59 Å². The van der Waals surface area contributed by atoms with E-state index in [1.54, 1.807) is 19.0 Å². The molecular formula is C16H25N5O3. The normalized spacial score (nSPS) is 20.8. The van der Waals surface area contributed by atoms with Gasteiger partial charge in [-0.05, 0) is 25.7 Å². The van der Waals surface area contributed by atoms with Gasteiger partial charge in [-0.15, -0.1) is 0 Å². The lowest BCUT2D eigenvalue weighted by Crippen LogP contribution is -2.49. The first-order valence-corrected chi connectivity index (χ1v) is 8.64. The zero-order chi connectivity index (χ0) is 17.1. The molecule has 1 aromatic rings. The van der Waals surface area contributed by atoms with E-state index in [-0.39, 0.29) is 18.0 Å². The quantitative estimate of drug-likeness (QED) is 0.871. The predicted molar refractivity (Wildman–Crippen MR) is 86.4 cm³/mol. The highest BCUT2D eigenvalue weighted by Gasteiger charge is 2.34. The van der Waals surface area contributed by atoms with Crippen molar-refractivity contribution in [3.05, 3.63) is 11.7 Å². The molecule has 1 saturated carbocycles. The number of hydrogen-bond donors (Lipinski definition) is 1. The monoisotopic (exact) mass is 335 g/mol. The molecule has 0 radical (unpaired) electrons. The van der Waals surface area contributed by atoms with Crippen LogP contribution in [-0.4, -0.2) is 65.1 Å². The fourth-order valence-corrected chi connectivity index (χ4v) is 3.14. The van der Waals surface area contributed by atoms with Crippen molar-refractivity contribution >= 4 is 11.9 Å². The molecule has 1 aliphatic heterocycles. The average Bonchev–Trinajstić information content (AvgIpc) is 3.14. The van der Waals surface area contributed by atoms with Crippen molar-refractivity contribution in [3.8, 4) is 0 Å². The third-order valence-electron chi connectivity index (χ3n) is 4.80. The standard InChI is InChI=1S/C16H25N5O3/c1-20(2)15(22)12-7-4-10-21(12)16(23)17-9-8-13-18-14(24-19-13)11-5-3-6-11/h11-12H,3-10H2,1-2H3,(H,17,23)/t12-/m0/s1. The maximum atomic E-state index is 12.3. The third kappa shape index (κ3) is 3.52. The molecule has 3 rings (SSSR count). The molecule has 8 heteroatoms. The van der Waals surface area contributed by atoms with E-state index in [1.165, 1.54) is 11.3 Å². The minimum absolute atomic E-state index is 0.0223. The molecule has 2 fully saturated rings. The molecule has 132 valence electrons. The summed E-state index contributed by atoms with van der Waals surface area (Å²) in [5.74, 6) is 1.74. The minimum Gasteiger partial charge on any atom is -0.347 e. The first-order chi connectivity index (χ1) is 11.6. The molecule has 0 unspecified atom stereocenters. The fraction of sp³-hybridized carbons (Fsp3) is 0.750.